The van der Waals surface area contributed by atoms with Gasteiger partial charge in [0.2, 0.25) is 70.9 Å². The van der Waals surface area contributed by atoms with Gasteiger partial charge in [-0.2, -0.15) is 0 Å². The number of nitrogens with two attached hydrogens (primary N) is 2. The van der Waals surface area contributed by atoms with Crippen LogP contribution in [-0.2, 0) is 83.2 Å². The van der Waals surface area contributed by atoms with Crippen molar-refractivity contribution in [1.29, 1.82) is 5.41 Å². The minimum atomic E-state index is -1.82. The van der Waals surface area contributed by atoms with Crippen LogP contribution in [0.3, 0.4) is 0 Å². The molecule has 0 bridgehead atoms. The van der Waals surface area contributed by atoms with E-state index in [-0.39, 0.29) is 114 Å². The number of nitrogens with zero attached hydrogens (tertiary/aromatic N) is 2. The zero-order valence-corrected chi connectivity index (χ0v) is 57.4. The number of H-pyrrole nitrogens is 2. The second kappa shape index (κ2) is 35.8. The van der Waals surface area contributed by atoms with E-state index in [0.29, 0.717) is 56.9 Å². The predicted octanol–water partition coefficient (Wildman–Crippen LogP) is -0.817. The lowest BCUT2D eigenvalue weighted by Gasteiger charge is -2.31. The Bertz CT molecular complexity index is 4070. The van der Waals surface area contributed by atoms with Crippen molar-refractivity contribution in [2.75, 3.05) is 32.8 Å². The number of aliphatic hydroxyl groups is 1. The molecular formula is C72H91N17O14. The highest BCUT2D eigenvalue weighted by atomic mass is 16.3. The average Bonchev–Trinajstić information content (AvgIpc) is 1.73. The van der Waals surface area contributed by atoms with Gasteiger partial charge in [0.1, 0.15) is 66.2 Å². The first-order chi connectivity index (χ1) is 49.4. The van der Waals surface area contributed by atoms with Gasteiger partial charge in [-0.05, 0) is 104 Å². The molecule has 1 unspecified atom stereocenters. The smallest absolute Gasteiger partial charge is 0.245 e. The molecule has 3 saturated heterocycles. The van der Waals surface area contributed by atoms with Crippen molar-refractivity contribution >= 4 is 98.7 Å². The van der Waals surface area contributed by atoms with Gasteiger partial charge >= 0.3 is 0 Å². The number of amides is 12. The minimum absolute atomic E-state index is 0.0107. The molecule has 31 heteroatoms. The van der Waals surface area contributed by atoms with Crippen LogP contribution >= 0.6 is 0 Å². The maximum atomic E-state index is 15.2. The number of hydrogen-bond donors (Lipinski definition) is 17. The Balaban J connectivity index is 0.969. The van der Waals surface area contributed by atoms with E-state index in [1.54, 1.807) is 99.0 Å². The number of fused-ring (bicyclic) bond motifs is 2. The van der Waals surface area contributed by atoms with Crippen LogP contribution in [0.2, 0.25) is 0 Å². The maximum Gasteiger partial charge on any atom is 0.245 e. The van der Waals surface area contributed by atoms with Gasteiger partial charge in [0.05, 0.1) is 13.2 Å². The van der Waals surface area contributed by atoms with Gasteiger partial charge in [0.25, 0.3) is 0 Å². The van der Waals surface area contributed by atoms with Gasteiger partial charge in [-0.15, -0.1) is 0 Å². The molecule has 31 nitrogen and oxygen atoms in total. The molecular weight excluding hydrogens is 1330 g/mol. The zero-order chi connectivity index (χ0) is 73.9. The van der Waals surface area contributed by atoms with E-state index in [9.17, 15) is 58.2 Å². The van der Waals surface area contributed by atoms with Crippen molar-refractivity contribution in [2.24, 2.45) is 17.4 Å². The maximum absolute atomic E-state index is 15.2. The molecule has 12 amide bonds. The van der Waals surface area contributed by atoms with E-state index in [1.165, 1.54) is 34.1 Å². The summed E-state index contributed by atoms with van der Waals surface area (Å²) in [5, 5.41) is 57.4. The first-order valence-electron chi connectivity index (χ1n) is 34.6. The Hall–Kier alpha value is -11.4. The van der Waals surface area contributed by atoms with E-state index < -0.39 is 139 Å². The molecule has 0 radical (unpaired) electrons. The SMILES string of the molecule is CC(C)C[C@H](NC(=O)[C@@H](Cc1c[nH]c2ccccc12)NC(=O)[C@H](Cc1ccc(O)cc1)NC(=O)[C@H](CO)NC(=O)[C@@H](Cc1c[nH]c2ccccc12)NC(=O)[C@@H](Cc1ccccc1)NC(=O)[C@@H]1CCCN1C(=O)C1CCC(=O)N1)C(=O)N[C@@H](CCCNC(=N)N)C(=O)N1CCC[C@H]1C(=O)NCC(N)=O. The lowest BCUT2D eigenvalue weighted by Crippen LogP contribution is -2.62. The highest BCUT2D eigenvalue weighted by molar-refractivity contribution is 6.01. The number of likely N-dealkylation sites (tertiary alicyclic amines) is 2. The van der Waals surface area contributed by atoms with E-state index in [0.717, 1.165) is 0 Å². The molecule has 0 spiro atoms. The van der Waals surface area contributed by atoms with Gasteiger partial charge in [-0.25, -0.2) is 0 Å². The Morgan fingerprint density at radius 3 is 1.56 bits per heavy atom. The van der Waals surface area contributed by atoms with Crippen LogP contribution < -0.4 is 64.6 Å². The van der Waals surface area contributed by atoms with Gasteiger partial charge in [0.15, 0.2) is 5.96 Å². The lowest BCUT2D eigenvalue weighted by molar-refractivity contribution is -0.142. The number of aromatic hydroxyl groups is 1. The van der Waals surface area contributed by atoms with Crippen LogP contribution in [0.5, 0.6) is 5.75 Å². The summed E-state index contributed by atoms with van der Waals surface area (Å²) >= 11 is 0. The molecule has 6 aromatic rings. The van der Waals surface area contributed by atoms with Crippen molar-refractivity contribution < 1.29 is 67.7 Å². The molecule has 103 heavy (non-hydrogen) atoms. The summed E-state index contributed by atoms with van der Waals surface area (Å²) in [7, 11) is 0. The lowest BCUT2D eigenvalue weighted by atomic mass is 9.99. The third-order valence-electron chi connectivity index (χ3n) is 18.6. The number of aromatic amines is 2. The number of nitrogens with one attached hydrogen (secondary N) is 13. The monoisotopic (exact) mass is 1420 g/mol. The number of benzene rings is 4. The van der Waals surface area contributed by atoms with Crippen LogP contribution in [0, 0.1) is 11.3 Å². The summed E-state index contributed by atoms with van der Waals surface area (Å²) in [6.07, 6.45) is 4.60. The van der Waals surface area contributed by atoms with Gasteiger partial charge in [-0.3, -0.25) is 62.9 Å². The van der Waals surface area contributed by atoms with E-state index >= 15 is 9.59 Å². The molecule has 0 aliphatic carbocycles. The molecule has 2 aromatic heterocycles. The molecule has 0 saturated carbocycles. The van der Waals surface area contributed by atoms with E-state index in [2.05, 4.69) is 63.1 Å². The number of carbonyl (C=O) groups is 12. The molecule has 3 aliphatic rings. The Morgan fingerprint density at radius 1 is 0.553 bits per heavy atom. The zero-order valence-electron chi connectivity index (χ0n) is 57.4. The highest BCUT2D eigenvalue weighted by Crippen LogP contribution is 2.26. The summed E-state index contributed by atoms with van der Waals surface area (Å²) in [5.74, 6) is -9.56. The largest absolute Gasteiger partial charge is 0.508 e. The van der Waals surface area contributed by atoms with Crippen molar-refractivity contribution in [2.45, 2.75) is 158 Å². The molecule has 5 heterocycles. The van der Waals surface area contributed by atoms with Crippen LogP contribution in [0.15, 0.2) is 116 Å². The summed E-state index contributed by atoms with van der Waals surface area (Å²) in [6, 6.07) is 15.6. The number of hydrogen-bond acceptors (Lipinski definition) is 15. The summed E-state index contributed by atoms with van der Waals surface area (Å²) in [5.41, 5.74) is 14.3. The fourth-order valence-electron chi connectivity index (χ4n) is 13.3. The number of guanidine groups is 1. The number of aliphatic hydroxyl groups excluding tert-OH is 1. The predicted molar refractivity (Wildman–Crippen MR) is 378 cm³/mol. The first-order valence-corrected chi connectivity index (χ1v) is 34.6. The topological polar surface area (TPSA) is 480 Å². The Morgan fingerprint density at radius 2 is 1.03 bits per heavy atom. The van der Waals surface area contributed by atoms with Gasteiger partial charge in [-0.1, -0.05) is 92.7 Å². The number of para-hydroxylation sites is 2. The third kappa shape index (κ3) is 20.7. The number of primary amides is 1. The van der Waals surface area contributed by atoms with Crippen LogP contribution in [-0.4, -0.2) is 200 Å². The number of phenolic OH excluding ortho intramolecular Hbond substituents is 1. The highest BCUT2D eigenvalue weighted by Gasteiger charge is 2.43. The Kier molecular flexibility index (Phi) is 26.3. The van der Waals surface area contributed by atoms with E-state index in [4.69, 9.17) is 16.9 Å². The summed E-state index contributed by atoms with van der Waals surface area (Å²) < 4.78 is 0. The number of carbonyl (C=O) groups excluding carboxylic acids is 12. The van der Waals surface area contributed by atoms with E-state index in [1.807, 2.05) is 6.07 Å². The number of aromatic nitrogens is 2. The van der Waals surface area contributed by atoms with Crippen molar-refractivity contribution in [3.8, 4) is 5.75 Å². The minimum Gasteiger partial charge on any atom is -0.508 e. The fraction of sp³-hybridized carbons (Fsp3) is 0.431. The standard InChI is InChI=1S/C72H91N17O14/c1-40(2)31-52(62(94)81-50(19-10-28-76-72(74)75)70(102)88-29-11-20-58(88)68(100)79-38-60(73)92)82-65(97)55(34-43-36-77-48-17-8-6-15-46(43)48)84-63(95)53(33-42-22-24-45(91)25-23-42)83-67(99)57(39-90)87-66(98)56(35-44-37-78-49-18-9-7-16-47(44)49)85-64(96)54(32-41-13-4-3-5-14-41)86-69(101)59-21-12-30-89(59)71(103)51-26-27-61(93)80-51/h3-9,13-18,22-25,36-37,40,50-59,77-78,90-91H,10-12,19-21,26-35,38-39H2,1-2H3,(H2,73,92)(H,79,100)(H,80,93)(H,81,94)(H,82,97)(H,83,99)(H,84,95)(H,85,96)(H,86,101)(H,87,98)(H4,74,75,76)/t50-,51?,52-,53-,54+,55+,56+,57-,58-,59-/m0/s1. The first kappa shape index (κ1) is 75.8. The quantitative estimate of drug-likeness (QED) is 0.0133. The van der Waals surface area contributed by atoms with Gasteiger partial charge in [0, 0.05) is 85.9 Å². The molecule has 10 atom stereocenters. The third-order valence-corrected chi connectivity index (χ3v) is 18.6. The second-order valence-electron chi connectivity index (χ2n) is 26.6. The second-order valence-corrected chi connectivity index (χ2v) is 26.6. The van der Waals surface area contributed by atoms with Gasteiger partial charge < -0.3 is 94.6 Å². The molecule has 19 N–H and O–H groups in total. The van der Waals surface area contributed by atoms with Crippen LogP contribution in [0.4, 0.5) is 0 Å². The average molecular weight is 1420 g/mol. The molecule has 548 valence electrons. The summed E-state index contributed by atoms with van der Waals surface area (Å²) in [4.78, 5) is 178. The van der Waals surface area contributed by atoms with Crippen molar-refractivity contribution in [3.63, 3.8) is 0 Å². The van der Waals surface area contributed by atoms with Crippen molar-refractivity contribution in [3.05, 3.63) is 138 Å². The molecule has 3 fully saturated rings. The van der Waals surface area contributed by atoms with Crippen molar-refractivity contribution in [1.82, 2.24) is 72.9 Å². The number of rotatable bonds is 34. The number of phenols is 1. The molecule has 9 rings (SSSR count). The molecule has 4 aromatic carbocycles. The summed E-state index contributed by atoms with van der Waals surface area (Å²) in [6.45, 7) is 2.60. The van der Waals surface area contributed by atoms with Crippen LogP contribution in [0.1, 0.15) is 93.9 Å². The normalized spacial score (nSPS) is 17.7. The molecule has 3 aliphatic heterocycles. The van der Waals surface area contributed by atoms with Crippen LogP contribution in [0.25, 0.3) is 21.8 Å². The fourth-order valence-corrected chi connectivity index (χ4v) is 13.3. The Labute approximate surface area is 593 Å².